The first-order valence-corrected chi connectivity index (χ1v) is 11.2. The summed E-state index contributed by atoms with van der Waals surface area (Å²) in [5, 5.41) is 0. The molecule has 1 fully saturated rings. The van der Waals surface area contributed by atoms with Crippen LogP contribution >= 0.6 is 27.7 Å². The Labute approximate surface area is 155 Å². The number of benzene rings is 1. The van der Waals surface area contributed by atoms with Gasteiger partial charge in [-0.3, -0.25) is 4.79 Å². The van der Waals surface area contributed by atoms with Crippen LogP contribution in [-0.2, 0) is 19.6 Å². The van der Waals surface area contributed by atoms with E-state index >= 15 is 0 Å². The van der Waals surface area contributed by atoms with Gasteiger partial charge in [0.05, 0.1) is 18.1 Å². The van der Waals surface area contributed by atoms with E-state index in [0.717, 1.165) is 4.47 Å². The fraction of sp³-hybridized carbons (Fsp3) is 0.533. The number of amides is 1. The lowest BCUT2D eigenvalue weighted by molar-refractivity contribution is -0.137. The second-order valence-electron chi connectivity index (χ2n) is 5.35. The summed E-state index contributed by atoms with van der Waals surface area (Å²) in [7, 11) is -3.75. The first-order chi connectivity index (χ1) is 11.4. The lowest BCUT2D eigenvalue weighted by atomic mass is 10.2. The van der Waals surface area contributed by atoms with Crippen molar-refractivity contribution in [2.75, 3.05) is 38.3 Å². The first-order valence-electron chi connectivity index (χ1n) is 7.57. The zero-order chi connectivity index (χ0) is 17.6. The number of nitrogens with one attached hydrogen (secondary N) is 1. The zero-order valence-corrected chi connectivity index (χ0v) is 16.6. The Morgan fingerprint density at radius 1 is 1.33 bits per heavy atom. The number of sulfonamides is 1. The Bertz CT molecular complexity index is 646. The number of carbonyl (C=O) groups excluding carboxylic acids is 1. The fourth-order valence-electron chi connectivity index (χ4n) is 2.34. The summed E-state index contributed by atoms with van der Waals surface area (Å²) in [4.78, 5) is 14.5. The fourth-order valence-corrected chi connectivity index (χ4v) is 4.30. The van der Waals surface area contributed by atoms with Crippen LogP contribution in [0.1, 0.15) is 6.42 Å². The number of thioether (sulfide) groups is 1. The largest absolute Gasteiger partial charge is 0.378 e. The minimum absolute atomic E-state index is 0.148. The van der Waals surface area contributed by atoms with Gasteiger partial charge >= 0.3 is 0 Å². The van der Waals surface area contributed by atoms with E-state index in [-0.39, 0.29) is 10.8 Å². The highest BCUT2D eigenvalue weighted by Gasteiger charge is 2.29. The van der Waals surface area contributed by atoms with Gasteiger partial charge in [0.1, 0.15) is 6.04 Å². The van der Waals surface area contributed by atoms with E-state index in [1.54, 1.807) is 28.8 Å². The molecule has 1 heterocycles. The average Bonchev–Trinajstić information content (AvgIpc) is 2.59. The molecule has 1 atom stereocenters. The second kappa shape index (κ2) is 9.19. The minimum atomic E-state index is -3.75. The van der Waals surface area contributed by atoms with Crippen LogP contribution in [0, 0.1) is 0 Å². The number of hydrogen-bond donors (Lipinski definition) is 1. The molecule has 0 unspecified atom stereocenters. The molecule has 1 amide bonds. The highest BCUT2D eigenvalue weighted by Crippen LogP contribution is 2.16. The Morgan fingerprint density at radius 2 is 1.96 bits per heavy atom. The van der Waals surface area contributed by atoms with Crippen molar-refractivity contribution in [3.8, 4) is 0 Å². The van der Waals surface area contributed by atoms with Crippen molar-refractivity contribution in [1.82, 2.24) is 9.62 Å². The molecule has 1 N–H and O–H groups in total. The molecule has 1 aromatic rings. The highest BCUT2D eigenvalue weighted by atomic mass is 79.9. The average molecular weight is 437 g/mol. The maximum atomic E-state index is 12.7. The van der Waals surface area contributed by atoms with Gasteiger partial charge in [-0.05, 0) is 42.7 Å². The zero-order valence-electron chi connectivity index (χ0n) is 13.4. The number of morpholine rings is 1. The second-order valence-corrected chi connectivity index (χ2v) is 8.96. The normalized spacial score (nSPS) is 16.8. The standard InChI is InChI=1S/C15H21BrN2O4S2/c1-23-11-6-14(15(19)18-7-9-22-10-8-18)17-24(20,21)13-4-2-12(16)3-5-13/h2-5,14,17H,6-11H2,1H3/t14-/m1/s1. The Morgan fingerprint density at radius 3 is 2.54 bits per heavy atom. The summed E-state index contributed by atoms with van der Waals surface area (Å²) in [6.07, 6.45) is 2.38. The van der Waals surface area contributed by atoms with Crippen molar-refractivity contribution in [2.24, 2.45) is 0 Å². The minimum Gasteiger partial charge on any atom is -0.378 e. The topological polar surface area (TPSA) is 75.7 Å². The van der Waals surface area contributed by atoms with Crippen LogP contribution in [0.3, 0.4) is 0 Å². The first kappa shape index (κ1) is 19.7. The summed E-state index contributed by atoms with van der Waals surface area (Å²) in [5.74, 6) is 0.511. The maximum absolute atomic E-state index is 12.7. The van der Waals surface area contributed by atoms with E-state index in [1.807, 2.05) is 6.26 Å². The van der Waals surface area contributed by atoms with E-state index in [0.29, 0.717) is 38.5 Å². The molecule has 2 rings (SSSR count). The number of rotatable bonds is 7. The van der Waals surface area contributed by atoms with Crippen molar-refractivity contribution < 1.29 is 17.9 Å². The summed E-state index contributed by atoms with van der Waals surface area (Å²) in [5.41, 5.74) is 0. The van der Waals surface area contributed by atoms with Crippen LogP contribution < -0.4 is 4.72 Å². The molecule has 6 nitrogen and oxygen atoms in total. The van der Waals surface area contributed by atoms with Crippen molar-refractivity contribution in [3.05, 3.63) is 28.7 Å². The number of nitrogens with zero attached hydrogens (tertiary/aromatic N) is 1. The predicted octanol–water partition coefficient (Wildman–Crippen LogP) is 1.71. The Hall–Kier alpha value is -0.610. The molecule has 134 valence electrons. The van der Waals surface area contributed by atoms with Crippen LogP contribution in [0.25, 0.3) is 0 Å². The van der Waals surface area contributed by atoms with Crippen molar-refractivity contribution in [1.29, 1.82) is 0 Å². The van der Waals surface area contributed by atoms with Crippen LogP contribution in [0.2, 0.25) is 0 Å². The number of halogens is 1. The van der Waals surface area contributed by atoms with Gasteiger partial charge in [-0.25, -0.2) is 8.42 Å². The molecule has 9 heteroatoms. The smallest absolute Gasteiger partial charge is 0.241 e. The van der Waals surface area contributed by atoms with Gasteiger partial charge in [0.25, 0.3) is 0 Å². The molecule has 0 aliphatic carbocycles. The quantitative estimate of drug-likeness (QED) is 0.703. The van der Waals surface area contributed by atoms with Gasteiger partial charge in [0, 0.05) is 17.6 Å². The van der Waals surface area contributed by atoms with Gasteiger partial charge in [0.15, 0.2) is 0 Å². The highest BCUT2D eigenvalue weighted by molar-refractivity contribution is 9.10. The van der Waals surface area contributed by atoms with Crippen molar-refractivity contribution >= 4 is 43.6 Å². The van der Waals surface area contributed by atoms with Crippen LogP contribution in [0.4, 0.5) is 0 Å². The number of ether oxygens (including phenoxy) is 1. The van der Waals surface area contributed by atoms with Crippen molar-refractivity contribution in [2.45, 2.75) is 17.4 Å². The van der Waals surface area contributed by atoms with Crippen molar-refractivity contribution in [3.63, 3.8) is 0 Å². The summed E-state index contributed by atoms with van der Waals surface area (Å²) < 4.78 is 33.8. The van der Waals surface area contributed by atoms with Gasteiger partial charge in [0.2, 0.25) is 15.9 Å². The van der Waals surface area contributed by atoms with Crippen LogP contribution in [0.5, 0.6) is 0 Å². The monoisotopic (exact) mass is 436 g/mol. The molecular formula is C15H21BrN2O4S2. The van der Waals surface area contributed by atoms with Gasteiger partial charge in [-0.15, -0.1) is 0 Å². The molecule has 1 aromatic carbocycles. The molecule has 0 radical (unpaired) electrons. The van der Waals surface area contributed by atoms with Gasteiger partial charge < -0.3 is 9.64 Å². The van der Waals surface area contributed by atoms with E-state index in [9.17, 15) is 13.2 Å². The molecule has 1 saturated heterocycles. The lowest BCUT2D eigenvalue weighted by Crippen LogP contribution is -2.51. The number of hydrogen-bond acceptors (Lipinski definition) is 5. The van der Waals surface area contributed by atoms with Gasteiger partial charge in [-0.1, -0.05) is 15.9 Å². The molecule has 24 heavy (non-hydrogen) atoms. The molecule has 0 bridgehead atoms. The molecule has 0 saturated carbocycles. The lowest BCUT2D eigenvalue weighted by Gasteiger charge is -2.30. The summed E-state index contributed by atoms with van der Waals surface area (Å²) in [6, 6.07) is 5.59. The molecule has 0 aromatic heterocycles. The molecule has 1 aliphatic rings. The Balaban J connectivity index is 2.14. The maximum Gasteiger partial charge on any atom is 0.241 e. The summed E-state index contributed by atoms with van der Waals surface area (Å²) >= 11 is 4.86. The van der Waals surface area contributed by atoms with Crippen LogP contribution in [-0.4, -0.2) is 63.6 Å². The van der Waals surface area contributed by atoms with Gasteiger partial charge in [-0.2, -0.15) is 16.5 Å². The van der Waals surface area contributed by atoms with E-state index < -0.39 is 16.1 Å². The molecular weight excluding hydrogens is 416 g/mol. The summed E-state index contributed by atoms with van der Waals surface area (Å²) in [6.45, 7) is 1.96. The molecule has 0 spiro atoms. The van der Waals surface area contributed by atoms with Crippen LogP contribution in [0.15, 0.2) is 33.6 Å². The van der Waals surface area contributed by atoms with E-state index in [4.69, 9.17) is 4.74 Å². The van der Waals surface area contributed by atoms with E-state index in [2.05, 4.69) is 20.7 Å². The third-order valence-electron chi connectivity index (χ3n) is 3.65. The third kappa shape index (κ3) is 5.45. The van der Waals surface area contributed by atoms with E-state index in [1.165, 1.54) is 12.1 Å². The molecule has 1 aliphatic heterocycles. The predicted molar refractivity (Wildman–Crippen MR) is 98.6 cm³/mol. The SMILES string of the molecule is CSCC[C@@H](NS(=O)(=O)c1ccc(Br)cc1)C(=O)N1CCOCC1. The third-order valence-corrected chi connectivity index (χ3v) is 6.31. The number of carbonyl (C=O) groups is 1. The Kier molecular flexibility index (Phi) is 7.55.